The summed E-state index contributed by atoms with van der Waals surface area (Å²) >= 11 is 0. The van der Waals surface area contributed by atoms with Crippen molar-refractivity contribution < 1.29 is 9.59 Å². The number of para-hydroxylation sites is 1. The number of hydrogen-bond donors (Lipinski definition) is 1. The number of amides is 2. The molecule has 6 heteroatoms. The van der Waals surface area contributed by atoms with Gasteiger partial charge in [0, 0.05) is 48.9 Å². The first-order chi connectivity index (χ1) is 14.7. The van der Waals surface area contributed by atoms with E-state index < -0.39 is 0 Å². The summed E-state index contributed by atoms with van der Waals surface area (Å²) < 4.78 is 0. The van der Waals surface area contributed by atoms with Crippen LogP contribution in [0.25, 0.3) is 22.2 Å². The van der Waals surface area contributed by atoms with E-state index in [1.807, 2.05) is 54.3 Å². The highest BCUT2D eigenvalue weighted by molar-refractivity contribution is 6.07. The molecule has 154 valence electrons. The van der Waals surface area contributed by atoms with Crippen LogP contribution in [0.2, 0.25) is 0 Å². The largest absolute Gasteiger partial charge is 0.352 e. The van der Waals surface area contributed by atoms with Crippen LogP contribution in [0.1, 0.15) is 43.0 Å². The number of piperidine rings is 1. The number of pyridine rings is 2. The number of rotatable bonds is 5. The molecule has 3 aromatic rings. The minimum absolute atomic E-state index is 0.00708. The number of nitrogens with one attached hydrogen (secondary N) is 1. The highest BCUT2D eigenvalue weighted by Crippen LogP contribution is 2.26. The number of carbonyl (C=O) groups excluding carboxylic acids is 2. The Labute approximate surface area is 176 Å². The molecular weight excluding hydrogens is 376 g/mol. The van der Waals surface area contributed by atoms with Crippen molar-refractivity contribution >= 4 is 22.7 Å². The van der Waals surface area contributed by atoms with Gasteiger partial charge in [0.05, 0.1) is 16.8 Å². The molecule has 30 heavy (non-hydrogen) atoms. The summed E-state index contributed by atoms with van der Waals surface area (Å²) in [6.07, 6.45) is 6.59. The van der Waals surface area contributed by atoms with Crippen LogP contribution in [-0.4, -0.2) is 45.8 Å². The van der Waals surface area contributed by atoms with Crippen LogP contribution in [0, 0.1) is 0 Å². The molecule has 0 spiro atoms. The summed E-state index contributed by atoms with van der Waals surface area (Å²) in [7, 11) is 0. The van der Waals surface area contributed by atoms with Gasteiger partial charge in [-0.3, -0.25) is 14.6 Å². The molecule has 1 aromatic carbocycles. The quantitative estimate of drug-likeness (QED) is 0.704. The zero-order chi connectivity index (χ0) is 20.9. The van der Waals surface area contributed by atoms with E-state index in [-0.39, 0.29) is 17.9 Å². The molecule has 2 amide bonds. The van der Waals surface area contributed by atoms with Crippen molar-refractivity contribution in [2.24, 2.45) is 0 Å². The first-order valence-electron chi connectivity index (χ1n) is 10.5. The lowest BCUT2D eigenvalue weighted by Crippen LogP contribution is -2.49. The molecule has 1 fully saturated rings. The minimum Gasteiger partial charge on any atom is -0.352 e. The third kappa shape index (κ3) is 4.32. The molecule has 6 nitrogen and oxygen atoms in total. The fourth-order valence-corrected chi connectivity index (χ4v) is 3.99. The van der Waals surface area contributed by atoms with Crippen molar-refractivity contribution in [1.29, 1.82) is 0 Å². The molecule has 4 rings (SSSR count). The van der Waals surface area contributed by atoms with E-state index >= 15 is 0 Å². The fourth-order valence-electron chi connectivity index (χ4n) is 3.99. The highest BCUT2D eigenvalue weighted by Gasteiger charge is 2.27. The SMILES string of the molecule is CCCC(=O)NC1CCCN(C(=O)c2cc(-c3cccnc3)nc3ccccc23)C1. The van der Waals surface area contributed by atoms with Crippen LogP contribution in [0.5, 0.6) is 0 Å². The Morgan fingerprint density at radius 1 is 1.20 bits per heavy atom. The Bertz CT molecular complexity index is 1050. The van der Waals surface area contributed by atoms with Crippen molar-refractivity contribution in [2.45, 2.75) is 38.6 Å². The summed E-state index contributed by atoms with van der Waals surface area (Å²) in [6.45, 7) is 3.22. The zero-order valence-corrected chi connectivity index (χ0v) is 17.2. The van der Waals surface area contributed by atoms with Gasteiger partial charge in [-0.15, -0.1) is 0 Å². The normalized spacial score (nSPS) is 16.4. The van der Waals surface area contributed by atoms with Gasteiger partial charge in [0.2, 0.25) is 5.91 Å². The Hall–Kier alpha value is -3.28. The number of likely N-dealkylation sites (tertiary alicyclic amines) is 1. The number of fused-ring (bicyclic) bond motifs is 1. The predicted molar refractivity (Wildman–Crippen MR) is 117 cm³/mol. The van der Waals surface area contributed by atoms with E-state index in [4.69, 9.17) is 4.98 Å². The average Bonchev–Trinajstić information content (AvgIpc) is 2.79. The number of carbonyl (C=O) groups is 2. The van der Waals surface area contributed by atoms with E-state index in [0.29, 0.717) is 25.1 Å². The third-order valence-corrected chi connectivity index (χ3v) is 5.45. The number of aromatic nitrogens is 2. The van der Waals surface area contributed by atoms with Crippen LogP contribution < -0.4 is 5.32 Å². The summed E-state index contributed by atoms with van der Waals surface area (Å²) in [6, 6.07) is 13.4. The Morgan fingerprint density at radius 2 is 2.07 bits per heavy atom. The molecule has 0 bridgehead atoms. The first kappa shape index (κ1) is 20.0. The van der Waals surface area contributed by atoms with Gasteiger partial charge >= 0.3 is 0 Å². The van der Waals surface area contributed by atoms with Crippen molar-refractivity contribution in [3.8, 4) is 11.3 Å². The van der Waals surface area contributed by atoms with Crippen LogP contribution >= 0.6 is 0 Å². The fraction of sp³-hybridized carbons (Fsp3) is 0.333. The molecule has 1 saturated heterocycles. The van der Waals surface area contributed by atoms with Crippen LogP contribution in [0.15, 0.2) is 54.9 Å². The molecule has 0 radical (unpaired) electrons. The van der Waals surface area contributed by atoms with Crippen LogP contribution in [-0.2, 0) is 4.79 Å². The molecule has 2 aromatic heterocycles. The lowest BCUT2D eigenvalue weighted by molar-refractivity contribution is -0.122. The van der Waals surface area contributed by atoms with Gasteiger partial charge < -0.3 is 10.2 Å². The Morgan fingerprint density at radius 3 is 2.87 bits per heavy atom. The number of nitrogens with zero attached hydrogens (tertiary/aromatic N) is 3. The second-order valence-corrected chi connectivity index (χ2v) is 7.72. The van der Waals surface area contributed by atoms with E-state index in [2.05, 4.69) is 10.3 Å². The molecule has 1 aliphatic rings. The van der Waals surface area contributed by atoms with E-state index in [1.165, 1.54) is 0 Å². The lowest BCUT2D eigenvalue weighted by atomic mass is 10.0. The van der Waals surface area contributed by atoms with E-state index in [0.717, 1.165) is 41.4 Å². The molecular formula is C24H26N4O2. The van der Waals surface area contributed by atoms with Gasteiger partial charge in [0.15, 0.2) is 0 Å². The summed E-state index contributed by atoms with van der Waals surface area (Å²) in [5.74, 6) is 0.0400. The van der Waals surface area contributed by atoms with Crippen molar-refractivity contribution in [3.63, 3.8) is 0 Å². The van der Waals surface area contributed by atoms with Crippen molar-refractivity contribution in [2.75, 3.05) is 13.1 Å². The van der Waals surface area contributed by atoms with E-state index in [1.54, 1.807) is 12.4 Å². The van der Waals surface area contributed by atoms with Crippen LogP contribution in [0.3, 0.4) is 0 Å². The Kier molecular flexibility index (Phi) is 6.02. The number of hydrogen-bond acceptors (Lipinski definition) is 4. The summed E-state index contributed by atoms with van der Waals surface area (Å²) in [4.78, 5) is 36.3. The van der Waals surface area contributed by atoms with Crippen molar-refractivity contribution in [1.82, 2.24) is 20.2 Å². The predicted octanol–water partition coefficient (Wildman–Crippen LogP) is 3.82. The monoisotopic (exact) mass is 402 g/mol. The lowest BCUT2D eigenvalue weighted by Gasteiger charge is -2.33. The van der Waals surface area contributed by atoms with Crippen LogP contribution in [0.4, 0.5) is 0 Å². The second-order valence-electron chi connectivity index (χ2n) is 7.72. The maximum absolute atomic E-state index is 13.5. The maximum atomic E-state index is 13.5. The van der Waals surface area contributed by atoms with Gasteiger partial charge in [-0.1, -0.05) is 25.1 Å². The zero-order valence-electron chi connectivity index (χ0n) is 17.2. The van der Waals surface area contributed by atoms with Gasteiger partial charge in [-0.05, 0) is 43.5 Å². The highest BCUT2D eigenvalue weighted by atomic mass is 16.2. The minimum atomic E-state index is -0.0202. The van der Waals surface area contributed by atoms with E-state index in [9.17, 15) is 9.59 Å². The topological polar surface area (TPSA) is 75.2 Å². The van der Waals surface area contributed by atoms with Gasteiger partial charge in [-0.2, -0.15) is 0 Å². The summed E-state index contributed by atoms with van der Waals surface area (Å²) in [5.41, 5.74) is 3.03. The van der Waals surface area contributed by atoms with Crippen molar-refractivity contribution in [3.05, 3.63) is 60.4 Å². The molecule has 1 atom stereocenters. The molecule has 1 aliphatic heterocycles. The smallest absolute Gasteiger partial charge is 0.254 e. The number of benzene rings is 1. The molecule has 1 N–H and O–H groups in total. The van der Waals surface area contributed by atoms with Gasteiger partial charge in [0.25, 0.3) is 5.91 Å². The average molecular weight is 402 g/mol. The second kappa shape index (κ2) is 9.03. The summed E-state index contributed by atoms with van der Waals surface area (Å²) in [5, 5.41) is 3.92. The molecule has 0 saturated carbocycles. The molecule has 3 heterocycles. The maximum Gasteiger partial charge on any atom is 0.254 e. The third-order valence-electron chi connectivity index (χ3n) is 5.45. The van der Waals surface area contributed by atoms with Gasteiger partial charge in [-0.25, -0.2) is 4.98 Å². The Balaban J connectivity index is 1.64. The molecule has 0 aliphatic carbocycles. The standard InChI is InChI=1S/C24H26N4O2/c1-2-7-23(29)26-18-9-6-13-28(16-18)24(30)20-14-22(17-8-5-12-25-15-17)27-21-11-4-3-10-19(20)21/h3-5,8,10-12,14-15,18H,2,6-7,9,13,16H2,1H3,(H,26,29). The molecule has 1 unspecified atom stereocenters. The van der Waals surface area contributed by atoms with Gasteiger partial charge in [0.1, 0.15) is 0 Å². The first-order valence-corrected chi connectivity index (χ1v) is 10.5.